The fourth-order valence-electron chi connectivity index (χ4n) is 13.3. The number of methoxy groups -OCH3 is 3. The number of carboxylic acid groups (broad SMARTS) is 1. The van der Waals surface area contributed by atoms with Gasteiger partial charge in [0.25, 0.3) is 0 Å². The second-order valence-corrected chi connectivity index (χ2v) is 29.6. The van der Waals surface area contributed by atoms with Crippen molar-refractivity contribution in [1.82, 2.24) is 49.7 Å². The average Bonchev–Trinajstić information content (AvgIpc) is 1.63. The van der Waals surface area contributed by atoms with E-state index in [0.717, 1.165) is 103 Å². The van der Waals surface area contributed by atoms with Crippen LogP contribution in [-0.2, 0) is 19.5 Å². The number of aliphatic hydroxyl groups excluding tert-OH is 1. The van der Waals surface area contributed by atoms with Crippen molar-refractivity contribution >= 4 is 101 Å². The molecule has 14 aromatic carbocycles. The molecule has 1 unspecified atom stereocenters. The largest absolute Gasteiger partial charge is 0.497 e. The summed E-state index contributed by atoms with van der Waals surface area (Å²) in [5.74, 6) is 1.45. The number of rotatable bonds is 17. The summed E-state index contributed by atoms with van der Waals surface area (Å²) in [5.41, 5.74) is 17.3. The Morgan fingerprint density at radius 1 is 0.362 bits per heavy atom. The van der Waals surface area contributed by atoms with Gasteiger partial charge in [0.2, 0.25) is 11.6 Å². The van der Waals surface area contributed by atoms with Crippen LogP contribution in [-0.4, -0.2) is 105 Å². The summed E-state index contributed by atoms with van der Waals surface area (Å²) in [6.07, 6.45) is 1.17. The molecule has 0 fully saturated rings. The number of nitrogens with one attached hydrogen (secondary N) is 2. The van der Waals surface area contributed by atoms with E-state index in [1.165, 1.54) is 48.7 Å². The number of carbonyl (C=O) groups excluding carboxylic acids is 3. The summed E-state index contributed by atoms with van der Waals surface area (Å²) in [6.45, 7) is 53.7. The minimum absolute atomic E-state index is 0. The fraction of sp³-hybridized carbons (Fsp3) is 0.279. The highest BCUT2D eigenvalue weighted by Gasteiger charge is 2.22. The van der Waals surface area contributed by atoms with Crippen molar-refractivity contribution in [3.63, 3.8) is 0 Å². The lowest BCUT2D eigenvalue weighted by molar-refractivity contribution is 0.0696. The van der Waals surface area contributed by atoms with Gasteiger partial charge in [0, 0.05) is 52.9 Å². The van der Waals surface area contributed by atoms with Crippen molar-refractivity contribution in [1.29, 1.82) is 0 Å². The highest BCUT2D eigenvalue weighted by atomic mass is 127. The molecule has 0 aliphatic rings. The Labute approximate surface area is 906 Å². The van der Waals surface area contributed by atoms with Gasteiger partial charge in [0.1, 0.15) is 46.7 Å². The fourth-order valence-corrected chi connectivity index (χ4v) is 13.6. The number of hydrogen-bond acceptors (Lipinski definition) is 13. The maximum Gasteiger partial charge on any atom is 0.335 e. The molecule has 0 saturated heterocycles. The number of ether oxygens (including phenoxy) is 3. The van der Waals surface area contributed by atoms with Crippen LogP contribution >= 0.6 is 22.6 Å². The second-order valence-electron chi connectivity index (χ2n) is 28.4. The van der Waals surface area contributed by atoms with E-state index in [9.17, 15) is 24.3 Å². The number of aldehydes is 1. The number of aliphatic hydroxyl groups is 1. The number of halogens is 1. The van der Waals surface area contributed by atoms with E-state index in [2.05, 4.69) is 140 Å². The van der Waals surface area contributed by atoms with Gasteiger partial charge >= 0.3 is 5.97 Å². The zero-order chi connectivity index (χ0) is 109. The Bertz CT molecular complexity index is 6580. The SMILES string of the molecule is C.C.C.CC.CC.CC.CC.CC.CC.CC.CC.CC.CC.CC.CCc1ccc(OC)cc1.COc1ccc(Cn2nc(C(O)c3ccccc3)c3ccccc32)cc1.COc1ccc(Cn2nc(C)c3ccccc32)cc1.Cc1[nH]nc2ccccc12.Cc1ccc(I)cc1.O=C(O)c1ccc(-n2nc(C(=O)c3ccccc3)c3ccccc32)cc1.O=C(c1ccccc1)c1n[nH]c2ccccc12.O=Cc1ccccc1. The minimum Gasteiger partial charge on any atom is -0.497 e. The molecule has 0 amide bonds. The summed E-state index contributed by atoms with van der Waals surface area (Å²) >= 11 is 2.30. The van der Waals surface area contributed by atoms with Gasteiger partial charge in [-0.2, -0.15) is 25.5 Å². The summed E-state index contributed by atoms with van der Waals surface area (Å²) < 4.78 is 22.4. The first-order chi connectivity index (χ1) is 71.5. The summed E-state index contributed by atoms with van der Waals surface area (Å²) in [6, 6.07) is 115. The van der Waals surface area contributed by atoms with E-state index < -0.39 is 12.1 Å². The number of aromatic amines is 2. The van der Waals surface area contributed by atoms with Gasteiger partial charge in [-0.05, 0) is 175 Å². The number of carboxylic acids is 1. The molecule has 19 rings (SSSR count). The molecule has 0 aliphatic carbocycles. The Kier molecular flexibility index (Phi) is 77.0. The number of aromatic carboxylic acids is 1. The van der Waals surface area contributed by atoms with Crippen molar-refractivity contribution in [2.75, 3.05) is 21.3 Å². The molecular weight excluding hydrogens is 1960 g/mol. The summed E-state index contributed by atoms with van der Waals surface area (Å²) in [5, 5.41) is 52.8. The van der Waals surface area contributed by atoms with Gasteiger partial charge in [-0.1, -0.05) is 448 Å². The molecule has 0 aliphatic heterocycles. The predicted molar refractivity (Wildman–Crippen MR) is 647 cm³/mol. The van der Waals surface area contributed by atoms with E-state index in [0.29, 0.717) is 40.4 Å². The predicted octanol–water partition coefficient (Wildman–Crippen LogP) is 35.7. The van der Waals surface area contributed by atoms with Crippen LogP contribution in [0.15, 0.2) is 364 Å². The number of fused-ring (bicyclic) bond motifs is 5. The van der Waals surface area contributed by atoms with E-state index in [4.69, 9.17) is 24.4 Å². The third kappa shape index (κ3) is 44.7. The average molecular weight is 2130 g/mol. The lowest BCUT2D eigenvalue weighted by Crippen LogP contribution is -2.05. The van der Waals surface area contributed by atoms with Crippen LogP contribution < -0.4 is 14.2 Å². The molecule has 5 heterocycles. The topological polar surface area (TPSA) is 247 Å². The molecule has 20 heteroatoms. The van der Waals surface area contributed by atoms with Gasteiger partial charge in [-0.15, -0.1) is 0 Å². The molecule has 4 N–H and O–H groups in total. The minimum atomic E-state index is -0.984. The first-order valence-corrected chi connectivity index (χ1v) is 52.1. The molecule has 149 heavy (non-hydrogen) atoms. The van der Waals surface area contributed by atoms with Gasteiger partial charge < -0.3 is 24.4 Å². The lowest BCUT2D eigenvalue weighted by atomic mass is 10.0. The van der Waals surface area contributed by atoms with Crippen LogP contribution in [0, 0.1) is 24.3 Å². The van der Waals surface area contributed by atoms with Crippen molar-refractivity contribution in [3.8, 4) is 22.9 Å². The Balaban J connectivity index is -0.00000163. The van der Waals surface area contributed by atoms with Crippen molar-refractivity contribution in [3.05, 3.63) is 446 Å². The Morgan fingerprint density at radius 3 is 1.15 bits per heavy atom. The third-order valence-electron chi connectivity index (χ3n) is 20.0. The highest BCUT2D eigenvalue weighted by Crippen LogP contribution is 2.31. The number of para-hydroxylation sites is 5. The molecule has 0 saturated carbocycles. The number of aromatic nitrogens is 10. The van der Waals surface area contributed by atoms with Crippen LogP contribution in [0.4, 0.5) is 0 Å². The Hall–Kier alpha value is -15.0. The van der Waals surface area contributed by atoms with Crippen LogP contribution in [0.1, 0.15) is 285 Å². The number of ketones is 2. The summed E-state index contributed by atoms with van der Waals surface area (Å²) in [7, 11) is 5.02. The van der Waals surface area contributed by atoms with Crippen molar-refractivity contribution in [2.45, 2.75) is 228 Å². The number of carbonyl (C=O) groups is 4. The summed E-state index contributed by atoms with van der Waals surface area (Å²) in [4.78, 5) is 46.2. The molecule has 798 valence electrons. The number of benzene rings is 14. The molecule has 0 radical (unpaired) electrons. The number of hydrogen-bond donors (Lipinski definition) is 4. The number of nitrogens with zero attached hydrogens (tertiary/aromatic N) is 8. The van der Waals surface area contributed by atoms with Gasteiger partial charge in [0.05, 0.1) is 78.9 Å². The number of aryl methyl sites for hydroxylation is 4. The molecule has 0 bridgehead atoms. The zero-order valence-corrected chi connectivity index (χ0v) is 93.8. The van der Waals surface area contributed by atoms with Crippen LogP contribution in [0.25, 0.3) is 60.2 Å². The molecular formula is C129H171IN10O9. The van der Waals surface area contributed by atoms with Crippen LogP contribution in [0.5, 0.6) is 17.2 Å². The lowest BCUT2D eigenvalue weighted by Gasteiger charge is -2.08. The van der Waals surface area contributed by atoms with E-state index in [1.54, 1.807) is 74.5 Å². The maximum absolute atomic E-state index is 12.9. The zero-order valence-electron chi connectivity index (χ0n) is 91.6. The third-order valence-corrected chi connectivity index (χ3v) is 20.7. The molecule has 19 aromatic rings. The quantitative estimate of drug-likeness (QED) is 0.0376. The first-order valence-electron chi connectivity index (χ1n) is 51.1. The maximum atomic E-state index is 12.9. The molecule has 5 aromatic heterocycles. The molecule has 19 nitrogen and oxygen atoms in total. The van der Waals surface area contributed by atoms with E-state index in [-0.39, 0.29) is 39.4 Å². The van der Waals surface area contributed by atoms with Crippen molar-refractivity contribution in [2.24, 2.45) is 0 Å². The van der Waals surface area contributed by atoms with Crippen LogP contribution in [0.3, 0.4) is 0 Å². The smallest absolute Gasteiger partial charge is 0.335 e. The van der Waals surface area contributed by atoms with Gasteiger partial charge in [-0.25, -0.2) is 9.48 Å². The van der Waals surface area contributed by atoms with Gasteiger partial charge in [-0.3, -0.25) is 33.9 Å². The standard InChI is InChI=1S/C22H20N2O2.C21H14N2O3.C16H16N2O.C14H10N2O.C9H12O.C8H8N2.C7H7I.C7H6O.11C2H6.3CH4/c1-26-18-13-11-16(12-14-18)15-24-20-10-6-5-9-19(20)21(23-24)22(25)17-7-3-2-4-8-17;24-20(14-6-2-1-3-7-14)19-17-8-4-5-9-18(17)23(22-19)16-12-10-15(11-13-16)21(25)26;1-12-15-5-3-4-6-16(15)18(17-12)11-13-7-9-14(19-2)10-8-13;17-14(10-6-2-1-3-7-10)13-11-8-4-5-9-12(11)15-16-13;1-3-8-4-6-9(10-2)7-5-8;1-6-7-4-2-3-5-8(7)10-9-6;1-6-2-4-7(8)5-3-6;8-6-7-4-2-1-3-5-7;11*1-2;;;/h2-14,22,25H,15H2,1H3;1-13H,(H,25,26);3-10H,11H2,1-2H3;1-9H,(H,15,16);4-7H,3H2,1-2H3;2-5H,1H3,(H,9,10);2-5H,1H3;1-6H;11*1-2H3;3*1H4. The number of H-pyrrole nitrogens is 2. The first kappa shape index (κ1) is 138. The van der Waals surface area contributed by atoms with Crippen molar-refractivity contribution < 1.29 is 43.6 Å². The molecule has 1 atom stereocenters. The van der Waals surface area contributed by atoms with E-state index >= 15 is 0 Å². The Morgan fingerprint density at radius 2 is 0.732 bits per heavy atom. The molecule has 0 spiro atoms. The van der Waals surface area contributed by atoms with Crippen LogP contribution in [0.2, 0.25) is 0 Å². The van der Waals surface area contributed by atoms with E-state index in [1.807, 2.05) is 406 Å². The second kappa shape index (κ2) is 83.1. The monoisotopic (exact) mass is 2130 g/mol. The highest BCUT2D eigenvalue weighted by molar-refractivity contribution is 14.1. The normalized spacial score (nSPS) is 9.34. The van der Waals surface area contributed by atoms with Gasteiger partial charge in [0.15, 0.2) is 0 Å².